The van der Waals surface area contributed by atoms with E-state index in [1.807, 2.05) is 6.92 Å². The van der Waals surface area contributed by atoms with E-state index >= 15 is 0 Å². The number of nitrogens with two attached hydrogens (primary N) is 3. The zero-order valence-electron chi connectivity index (χ0n) is 11.1. The fraction of sp³-hybridized carbons (Fsp3) is 0.500. The minimum atomic E-state index is -0.676. The second-order valence-electron chi connectivity index (χ2n) is 4.78. The molecule has 0 bridgehead atoms. The maximum Gasteiger partial charge on any atom is 0.260 e. The van der Waals surface area contributed by atoms with Crippen LogP contribution in [0.2, 0.25) is 0 Å². The van der Waals surface area contributed by atoms with E-state index in [2.05, 4.69) is 5.32 Å². The molecule has 7 N–H and O–H groups in total. The van der Waals surface area contributed by atoms with E-state index in [4.69, 9.17) is 21.9 Å². The number of amides is 2. The van der Waals surface area contributed by atoms with Crippen LogP contribution in [-0.4, -0.2) is 31.1 Å². The summed E-state index contributed by atoms with van der Waals surface area (Å²) in [5.74, 6) is -0.999. The van der Waals surface area contributed by atoms with Gasteiger partial charge in [0.05, 0.1) is 17.4 Å². The number of carbonyl (C=O) groups is 2. The first-order chi connectivity index (χ1) is 9.41. The van der Waals surface area contributed by atoms with E-state index < -0.39 is 11.8 Å². The van der Waals surface area contributed by atoms with E-state index in [0.717, 1.165) is 24.4 Å². The predicted octanol–water partition coefficient (Wildman–Crippen LogP) is 0.365. The highest BCUT2D eigenvalue weighted by molar-refractivity contribution is 7.19. The van der Waals surface area contributed by atoms with Crippen LogP contribution in [0.15, 0.2) is 0 Å². The van der Waals surface area contributed by atoms with Gasteiger partial charge in [-0.1, -0.05) is 0 Å². The van der Waals surface area contributed by atoms with Crippen molar-refractivity contribution < 1.29 is 14.3 Å². The van der Waals surface area contributed by atoms with Crippen LogP contribution in [0.5, 0.6) is 0 Å². The fourth-order valence-corrected chi connectivity index (χ4v) is 3.25. The SMILES string of the molecule is CC1OCCC1CNc1sc(C(N)=O)c(N)c1C(N)=O. The molecule has 2 rings (SSSR count). The van der Waals surface area contributed by atoms with Crippen molar-refractivity contribution in [3.8, 4) is 0 Å². The first-order valence-corrected chi connectivity index (χ1v) is 7.10. The predicted molar refractivity (Wildman–Crippen MR) is 77.8 cm³/mol. The maximum absolute atomic E-state index is 11.5. The summed E-state index contributed by atoms with van der Waals surface area (Å²) in [4.78, 5) is 22.9. The van der Waals surface area contributed by atoms with E-state index in [9.17, 15) is 9.59 Å². The van der Waals surface area contributed by atoms with Crippen molar-refractivity contribution in [2.75, 3.05) is 24.2 Å². The summed E-state index contributed by atoms with van der Waals surface area (Å²) in [7, 11) is 0. The van der Waals surface area contributed by atoms with Crippen LogP contribution < -0.4 is 22.5 Å². The van der Waals surface area contributed by atoms with Gasteiger partial charge in [-0.25, -0.2) is 0 Å². The average Bonchev–Trinajstić information content (AvgIpc) is 2.90. The molecule has 8 heteroatoms. The summed E-state index contributed by atoms with van der Waals surface area (Å²) in [5.41, 5.74) is 16.5. The quantitative estimate of drug-likeness (QED) is 0.623. The number of nitrogens with one attached hydrogen (secondary N) is 1. The summed E-state index contributed by atoms with van der Waals surface area (Å²) in [6, 6.07) is 0. The molecule has 7 nitrogen and oxygen atoms in total. The lowest BCUT2D eigenvalue weighted by molar-refractivity contribution is 0.0999. The number of thiophene rings is 1. The van der Waals surface area contributed by atoms with Gasteiger partial charge in [0.1, 0.15) is 9.88 Å². The van der Waals surface area contributed by atoms with Gasteiger partial charge in [0.25, 0.3) is 11.8 Å². The molecule has 0 aromatic carbocycles. The van der Waals surface area contributed by atoms with Gasteiger partial charge in [-0.15, -0.1) is 11.3 Å². The number of primary amides is 2. The second-order valence-corrected chi connectivity index (χ2v) is 5.80. The molecule has 0 radical (unpaired) electrons. The summed E-state index contributed by atoms with van der Waals surface area (Å²) in [5, 5.41) is 3.62. The third-order valence-electron chi connectivity index (χ3n) is 3.47. The van der Waals surface area contributed by atoms with E-state index in [0.29, 0.717) is 17.5 Å². The average molecular weight is 298 g/mol. The molecule has 1 saturated heterocycles. The van der Waals surface area contributed by atoms with Crippen LogP contribution in [0.1, 0.15) is 33.4 Å². The van der Waals surface area contributed by atoms with Gasteiger partial charge in [0.15, 0.2) is 0 Å². The lowest BCUT2D eigenvalue weighted by Crippen LogP contribution is -2.22. The first-order valence-electron chi connectivity index (χ1n) is 6.29. The Bertz CT molecular complexity index is 543. The summed E-state index contributed by atoms with van der Waals surface area (Å²) < 4.78 is 5.47. The van der Waals surface area contributed by atoms with E-state index in [1.54, 1.807) is 0 Å². The lowest BCUT2D eigenvalue weighted by Gasteiger charge is -2.15. The molecule has 0 saturated carbocycles. The zero-order chi connectivity index (χ0) is 14.9. The van der Waals surface area contributed by atoms with Crippen molar-refractivity contribution in [1.82, 2.24) is 0 Å². The van der Waals surface area contributed by atoms with Gasteiger partial charge in [-0.2, -0.15) is 0 Å². The number of anilines is 2. The second kappa shape index (κ2) is 5.68. The Morgan fingerprint density at radius 3 is 2.60 bits per heavy atom. The Labute approximate surface area is 120 Å². The Kier molecular flexibility index (Phi) is 4.15. The molecular formula is C12H18N4O3S. The Morgan fingerprint density at radius 2 is 2.10 bits per heavy atom. The van der Waals surface area contributed by atoms with Crippen molar-refractivity contribution in [3.63, 3.8) is 0 Å². The molecule has 2 atom stereocenters. The van der Waals surface area contributed by atoms with Crippen LogP contribution >= 0.6 is 11.3 Å². The number of hydrogen-bond donors (Lipinski definition) is 4. The largest absolute Gasteiger partial charge is 0.397 e. The summed E-state index contributed by atoms with van der Waals surface area (Å²) in [6.45, 7) is 3.36. The van der Waals surface area contributed by atoms with Crippen LogP contribution in [0.25, 0.3) is 0 Å². The van der Waals surface area contributed by atoms with Gasteiger partial charge in [-0.3, -0.25) is 9.59 Å². The molecule has 1 aliphatic heterocycles. The molecule has 0 spiro atoms. The molecule has 2 heterocycles. The third kappa shape index (κ3) is 2.70. The molecule has 1 fully saturated rings. The van der Waals surface area contributed by atoms with Crippen LogP contribution in [0, 0.1) is 5.92 Å². The number of hydrogen-bond acceptors (Lipinski definition) is 6. The monoisotopic (exact) mass is 298 g/mol. The minimum absolute atomic E-state index is 0.0493. The van der Waals surface area contributed by atoms with E-state index in [-0.39, 0.29) is 22.2 Å². The van der Waals surface area contributed by atoms with Gasteiger partial charge >= 0.3 is 0 Å². The highest BCUT2D eigenvalue weighted by atomic mass is 32.1. The topological polar surface area (TPSA) is 133 Å². The molecule has 1 aromatic rings. The zero-order valence-corrected chi connectivity index (χ0v) is 12.0. The molecule has 2 unspecified atom stereocenters. The van der Waals surface area contributed by atoms with Crippen LogP contribution in [0.3, 0.4) is 0 Å². The minimum Gasteiger partial charge on any atom is -0.397 e. The molecule has 0 aliphatic carbocycles. The van der Waals surface area contributed by atoms with Gasteiger partial charge in [-0.05, 0) is 13.3 Å². The molecule has 20 heavy (non-hydrogen) atoms. The van der Waals surface area contributed by atoms with Gasteiger partial charge in [0, 0.05) is 19.1 Å². The van der Waals surface area contributed by atoms with Crippen LogP contribution in [0.4, 0.5) is 10.7 Å². The first kappa shape index (κ1) is 14.6. The van der Waals surface area contributed by atoms with Crippen LogP contribution in [-0.2, 0) is 4.74 Å². The summed E-state index contributed by atoms with van der Waals surface area (Å²) in [6.07, 6.45) is 1.11. The molecule has 2 amide bonds. The Hall–Kier alpha value is -1.80. The Morgan fingerprint density at radius 1 is 1.40 bits per heavy atom. The lowest BCUT2D eigenvalue weighted by atomic mass is 10.0. The van der Waals surface area contributed by atoms with Gasteiger partial charge in [0.2, 0.25) is 0 Å². The number of rotatable bonds is 5. The maximum atomic E-state index is 11.5. The molecule has 1 aromatic heterocycles. The highest BCUT2D eigenvalue weighted by Gasteiger charge is 2.26. The van der Waals surface area contributed by atoms with Gasteiger partial charge < -0.3 is 27.3 Å². The molecule has 110 valence electrons. The number of nitrogen functional groups attached to an aromatic ring is 1. The van der Waals surface area contributed by atoms with Crippen molar-refractivity contribution in [2.24, 2.45) is 17.4 Å². The van der Waals surface area contributed by atoms with Crippen molar-refractivity contribution in [3.05, 3.63) is 10.4 Å². The van der Waals surface area contributed by atoms with Crippen molar-refractivity contribution >= 4 is 33.8 Å². The number of carbonyl (C=O) groups excluding carboxylic acids is 2. The highest BCUT2D eigenvalue weighted by Crippen LogP contribution is 2.35. The van der Waals surface area contributed by atoms with E-state index in [1.165, 1.54) is 0 Å². The fourth-order valence-electron chi connectivity index (χ4n) is 2.26. The molecular weight excluding hydrogens is 280 g/mol. The normalized spacial score (nSPS) is 21.9. The smallest absolute Gasteiger partial charge is 0.260 e. The summed E-state index contributed by atoms with van der Waals surface area (Å²) >= 11 is 1.05. The van der Waals surface area contributed by atoms with Crippen molar-refractivity contribution in [2.45, 2.75) is 19.4 Å². The number of ether oxygens (including phenoxy) is 1. The standard InChI is InChI=1S/C12H18N4O3S/c1-5-6(2-3-19-5)4-16-12-7(10(14)17)8(13)9(20-12)11(15)18/h5-6,16H,2-4,13H2,1H3,(H2,14,17)(H2,15,18). The molecule has 1 aliphatic rings. The van der Waals surface area contributed by atoms with Crippen molar-refractivity contribution in [1.29, 1.82) is 0 Å². The Balaban J connectivity index is 2.20. The third-order valence-corrected chi connectivity index (χ3v) is 4.65.